The first-order chi connectivity index (χ1) is 9.45. The zero-order valence-corrected chi connectivity index (χ0v) is 11.4. The minimum Gasteiger partial charge on any atom is -0.490 e. The maximum Gasteiger partial charge on any atom is 0.310 e. The highest BCUT2D eigenvalue weighted by Crippen LogP contribution is 2.37. The Morgan fingerprint density at radius 2 is 2.15 bits per heavy atom. The average molecular weight is 277 g/mol. The summed E-state index contributed by atoms with van der Waals surface area (Å²) in [5.74, 6) is 1.12. The summed E-state index contributed by atoms with van der Waals surface area (Å²) in [5.41, 5.74) is 7.10. The zero-order chi connectivity index (χ0) is 14.9. The molecule has 0 spiro atoms. The molecule has 7 heteroatoms. The maximum atomic E-state index is 10.9. The number of nitrogen functional groups attached to an aromatic ring is 1. The highest BCUT2D eigenvalue weighted by molar-refractivity contribution is 5.70. The normalized spacial score (nSPS) is 10.8. The molecule has 0 amide bonds. The molecule has 0 atom stereocenters. The van der Waals surface area contributed by atoms with E-state index in [0.717, 1.165) is 5.56 Å². The van der Waals surface area contributed by atoms with Crippen molar-refractivity contribution in [1.82, 2.24) is 5.16 Å². The lowest BCUT2D eigenvalue weighted by Gasteiger charge is -2.07. The van der Waals surface area contributed by atoms with Gasteiger partial charge in [-0.1, -0.05) is 19.0 Å². The van der Waals surface area contributed by atoms with Crippen molar-refractivity contribution in [3.63, 3.8) is 0 Å². The molecule has 2 aromatic rings. The van der Waals surface area contributed by atoms with E-state index in [9.17, 15) is 10.1 Å². The van der Waals surface area contributed by atoms with Crippen LogP contribution in [0.2, 0.25) is 0 Å². The maximum absolute atomic E-state index is 10.9. The van der Waals surface area contributed by atoms with Crippen LogP contribution in [0.25, 0.3) is 11.3 Å². The lowest BCUT2D eigenvalue weighted by Crippen LogP contribution is -1.96. The molecule has 0 aliphatic heterocycles. The molecule has 2 N–H and O–H groups in total. The number of nitrogens with two attached hydrogens (primary N) is 1. The number of anilines is 1. The van der Waals surface area contributed by atoms with Crippen LogP contribution in [0.4, 0.5) is 11.5 Å². The number of nitro groups is 1. The third kappa shape index (κ3) is 2.29. The van der Waals surface area contributed by atoms with Gasteiger partial charge in [0.15, 0.2) is 17.3 Å². The largest absolute Gasteiger partial charge is 0.490 e. The molecule has 0 bridgehead atoms. The second-order valence-electron chi connectivity index (χ2n) is 4.61. The standard InChI is InChI=1S/C13H15N3O4/c1-7(2)11-12(20-15-13(11)14)8-4-5-9(16(17)18)10(6-8)19-3/h4-7H,1-3H3,(H2,14,15). The molecule has 7 nitrogen and oxygen atoms in total. The van der Waals surface area contributed by atoms with Gasteiger partial charge < -0.3 is 15.0 Å². The second kappa shape index (κ2) is 5.20. The van der Waals surface area contributed by atoms with Gasteiger partial charge >= 0.3 is 5.69 Å². The first-order valence-corrected chi connectivity index (χ1v) is 6.03. The molecule has 106 valence electrons. The fourth-order valence-electron chi connectivity index (χ4n) is 2.05. The minimum atomic E-state index is -0.499. The number of benzene rings is 1. The van der Waals surface area contributed by atoms with E-state index in [2.05, 4.69) is 5.16 Å². The summed E-state index contributed by atoms with van der Waals surface area (Å²) < 4.78 is 10.3. The third-order valence-electron chi connectivity index (χ3n) is 2.97. The molecule has 0 saturated carbocycles. The average Bonchev–Trinajstić information content (AvgIpc) is 2.79. The van der Waals surface area contributed by atoms with E-state index in [4.69, 9.17) is 15.0 Å². The Kier molecular flexibility index (Phi) is 3.60. The Morgan fingerprint density at radius 3 is 2.70 bits per heavy atom. The van der Waals surface area contributed by atoms with Crippen LogP contribution in [0.1, 0.15) is 25.3 Å². The molecule has 1 aromatic heterocycles. The van der Waals surface area contributed by atoms with Crippen LogP contribution in [-0.4, -0.2) is 17.2 Å². The molecular weight excluding hydrogens is 262 g/mol. The summed E-state index contributed by atoms with van der Waals surface area (Å²) >= 11 is 0. The van der Waals surface area contributed by atoms with Gasteiger partial charge in [-0.15, -0.1) is 0 Å². The third-order valence-corrected chi connectivity index (χ3v) is 2.97. The topological polar surface area (TPSA) is 104 Å². The van der Waals surface area contributed by atoms with E-state index in [0.29, 0.717) is 17.1 Å². The van der Waals surface area contributed by atoms with Gasteiger partial charge in [0.25, 0.3) is 0 Å². The number of hydrogen-bond acceptors (Lipinski definition) is 6. The number of hydrogen-bond donors (Lipinski definition) is 1. The van der Waals surface area contributed by atoms with Crippen molar-refractivity contribution in [3.8, 4) is 17.1 Å². The Morgan fingerprint density at radius 1 is 1.45 bits per heavy atom. The molecule has 0 aliphatic carbocycles. The van der Waals surface area contributed by atoms with Gasteiger partial charge in [-0.25, -0.2) is 0 Å². The number of nitrogens with zero attached hydrogens (tertiary/aromatic N) is 2. The molecular formula is C13H15N3O4. The van der Waals surface area contributed by atoms with E-state index < -0.39 is 4.92 Å². The predicted molar refractivity (Wildman–Crippen MR) is 73.6 cm³/mol. The van der Waals surface area contributed by atoms with Gasteiger partial charge in [-0.05, 0) is 18.1 Å². The Bertz CT molecular complexity index is 649. The molecule has 0 fully saturated rings. The number of ether oxygens (including phenoxy) is 1. The van der Waals surface area contributed by atoms with Crippen molar-refractivity contribution in [2.24, 2.45) is 0 Å². The van der Waals surface area contributed by atoms with E-state index in [1.54, 1.807) is 12.1 Å². The molecule has 1 aromatic carbocycles. The Labute approximate surface area is 115 Å². The van der Waals surface area contributed by atoms with Crippen molar-refractivity contribution < 1.29 is 14.2 Å². The van der Waals surface area contributed by atoms with Crippen LogP contribution in [0.3, 0.4) is 0 Å². The Balaban J connectivity index is 2.57. The summed E-state index contributed by atoms with van der Waals surface area (Å²) in [6.45, 7) is 3.93. The van der Waals surface area contributed by atoms with Crippen LogP contribution in [0.15, 0.2) is 22.7 Å². The summed E-state index contributed by atoms with van der Waals surface area (Å²) in [6, 6.07) is 4.51. The molecule has 2 rings (SSSR count). The van der Waals surface area contributed by atoms with E-state index in [1.807, 2.05) is 13.8 Å². The van der Waals surface area contributed by atoms with Gasteiger partial charge in [-0.3, -0.25) is 10.1 Å². The molecule has 0 saturated heterocycles. The molecule has 0 unspecified atom stereocenters. The molecule has 1 heterocycles. The number of methoxy groups -OCH3 is 1. The van der Waals surface area contributed by atoms with Crippen LogP contribution in [0, 0.1) is 10.1 Å². The molecule has 0 radical (unpaired) electrons. The smallest absolute Gasteiger partial charge is 0.310 e. The molecule has 0 aliphatic rings. The predicted octanol–water partition coefficient (Wildman–Crippen LogP) is 2.96. The van der Waals surface area contributed by atoms with Crippen molar-refractivity contribution in [2.45, 2.75) is 19.8 Å². The number of rotatable bonds is 4. The van der Waals surface area contributed by atoms with E-state index >= 15 is 0 Å². The lowest BCUT2D eigenvalue weighted by molar-refractivity contribution is -0.385. The lowest BCUT2D eigenvalue weighted by atomic mass is 9.99. The van der Waals surface area contributed by atoms with Gasteiger partial charge in [0.1, 0.15) is 0 Å². The highest BCUT2D eigenvalue weighted by atomic mass is 16.6. The van der Waals surface area contributed by atoms with Gasteiger partial charge in [0, 0.05) is 17.2 Å². The van der Waals surface area contributed by atoms with Gasteiger partial charge in [-0.2, -0.15) is 0 Å². The minimum absolute atomic E-state index is 0.102. The second-order valence-corrected chi connectivity index (χ2v) is 4.61. The van der Waals surface area contributed by atoms with E-state index in [-0.39, 0.29) is 17.4 Å². The fraction of sp³-hybridized carbons (Fsp3) is 0.308. The summed E-state index contributed by atoms with van der Waals surface area (Å²) in [5, 5.41) is 14.6. The van der Waals surface area contributed by atoms with E-state index in [1.165, 1.54) is 13.2 Å². The summed E-state index contributed by atoms with van der Waals surface area (Å²) in [7, 11) is 1.38. The first-order valence-electron chi connectivity index (χ1n) is 6.03. The number of aromatic nitrogens is 1. The van der Waals surface area contributed by atoms with Crippen molar-refractivity contribution in [1.29, 1.82) is 0 Å². The quantitative estimate of drug-likeness (QED) is 0.680. The first kappa shape index (κ1) is 13.9. The highest BCUT2D eigenvalue weighted by Gasteiger charge is 2.22. The van der Waals surface area contributed by atoms with Crippen molar-refractivity contribution >= 4 is 11.5 Å². The zero-order valence-electron chi connectivity index (χ0n) is 11.4. The van der Waals surface area contributed by atoms with Gasteiger partial charge in [0.05, 0.1) is 12.0 Å². The molecule has 20 heavy (non-hydrogen) atoms. The van der Waals surface area contributed by atoms with Crippen molar-refractivity contribution in [3.05, 3.63) is 33.9 Å². The van der Waals surface area contributed by atoms with Crippen LogP contribution < -0.4 is 10.5 Å². The Hall–Kier alpha value is -2.57. The van der Waals surface area contributed by atoms with Crippen LogP contribution >= 0.6 is 0 Å². The van der Waals surface area contributed by atoms with Crippen molar-refractivity contribution in [2.75, 3.05) is 12.8 Å². The summed E-state index contributed by atoms with van der Waals surface area (Å²) in [4.78, 5) is 10.4. The SMILES string of the molecule is COc1cc(-c2onc(N)c2C(C)C)ccc1[N+](=O)[O-]. The van der Waals surface area contributed by atoms with Crippen LogP contribution in [0.5, 0.6) is 5.75 Å². The fourth-order valence-corrected chi connectivity index (χ4v) is 2.05. The number of nitro benzene ring substituents is 1. The monoisotopic (exact) mass is 277 g/mol. The van der Waals surface area contributed by atoms with Crippen LogP contribution in [-0.2, 0) is 0 Å². The summed E-state index contributed by atoms with van der Waals surface area (Å²) in [6.07, 6.45) is 0. The van der Waals surface area contributed by atoms with Gasteiger partial charge in [0.2, 0.25) is 0 Å².